The first kappa shape index (κ1) is 67.6. The first-order valence-electron chi connectivity index (χ1n) is 33.6. The summed E-state index contributed by atoms with van der Waals surface area (Å²) < 4.78 is 0. The highest BCUT2D eigenvalue weighted by Crippen LogP contribution is 2.31. The van der Waals surface area contributed by atoms with Crippen molar-refractivity contribution in [1.82, 2.24) is 29.9 Å². The van der Waals surface area contributed by atoms with Gasteiger partial charge in [-0.2, -0.15) is 0 Å². The van der Waals surface area contributed by atoms with Crippen LogP contribution in [0.2, 0.25) is 0 Å². The van der Waals surface area contributed by atoms with Crippen molar-refractivity contribution in [3.63, 3.8) is 0 Å². The Balaban J connectivity index is 0.000000118. The van der Waals surface area contributed by atoms with Crippen molar-refractivity contribution in [2.45, 2.75) is 78.3 Å². The van der Waals surface area contributed by atoms with E-state index < -0.39 is 0 Å². The fourth-order valence-corrected chi connectivity index (χ4v) is 18.7. The Morgan fingerprint density at radius 2 is 0.529 bits per heavy atom. The number of aromatic nitrogens is 6. The Hall–Kier alpha value is -8.91. The Bertz CT molecular complexity index is 5560. The average molecular weight is 1430 g/mol. The number of hydrogen-bond acceptors (Lipinski definition) is 24. The normalized spacial score (nSPS) is 13.4. The van der Waals surface area contributed by atoms with Gasteiger partial charge in [0.2, 0.25) is 0 Å². The quantitative estimate of drug-likeness (QED) is 0.0858. The summed E-state index contributed by atoms with van der Waals surface area (Å²) in [6, 6.07) is 25.5. The molecule has 12 aromatic heterocycles. The third-order valence-corrected chi connectivity index (χ3v) is 25.0. The van der Waals surface area contributed by atoms with E-state index in [-0.39, 0.29) is 0 Å². The first-order chi connectivity index (χ1) is 50.2. The van der Waals surface area contributed by atoms with E-state index in [2.05, 4.69) is 138 Å². The lowest BCUT2D eigenvalue weighted by Crippen LogP contribution is -2.33. The zero-order valence-corrected chi connectivity index (χ0v) is 60.9. The average Bonchev–Trinajstić information content (AvgIpc) is 1.57. The number of thiophene rings is 6. The second kappa shape index (κ2) is 30.2. The van der Waals surface area contributed by atoms with Crippen LogP contribution in [0, 0.1) is 0 Å². The van der Waals surface area contributed by atoms with Gasteiger partial charge in [-0.1, -0.05) is 39.7 Å². The third-order valence-electron chi connectivity index (χ3n) is 17.9. The molecule has 0 spiro atoms. The highest BCUT2D eigenvalue weighted by Gasteiger charge is 2.23. The summed E-state index contributed by atoms with van der Waals surface area (Å²) in [4.78, 5) is 99.4. The van der Waals surface area contributed by atoms with E-state index in [1.54, 1.807) is 89.5 Å². The first-order valence-corrected chi connectivity index (χ1v) is 38.5. The Morgan fingerprint density at radius 1 is 0.275 bits per heavy atom. The summed E-state index contributed by atoms with van der Waals surface area (Å²) in [6.45, 7) is 9.14. The number of nitrogens with zero attached hydrogens (tertiary/aromatic N) is 18. The molecule has 30 heteroatoms. The lowest BCUT2D eigenvalue weighted by Gasteiger charge is -2.05. The van der Waals surface area contributed by atoms with Crippen LogP contribution in [0.4, 0.5) is 0 Å². The van der Waals surface area contributed by atoms with E-state index >= 15 is 0 Å². The molecule has 489 valence electrons. The molecule has 18 heterocycles. The van der Waals surface area contributed by atoms with Gasteiger partial charge in [-0.3, -0.25) is 89.8 Å². The lowest BCUT2D eigenvalue weighted by molar-refractivity contribution is 0.979. The Kier molecular flexibility index (Phi) is 20.0. The molecule has 0 fully saturated rings. The standard InChI is InChI=1S/3C24H19B2N6S2/c1-2-14-3-6-19(33-14)23-24-20(29-11-32-24)13(9-28-23)7-17-22-21(30-12-31-22)16(10-27-17)18-5-4-15(34-18)8-26-25;1-2-15-3-5-17(33-15)21-23-19(29-11-31-23)13(9-27-21)7-14-10-28-22(24-20(14)30-12-32-24)18-6-4-16(34-18)8-26-25;1-2-14-3-5-18(33-14)16-10-27-17(22-21(16)30-12-31-22)7-13-9-28-23(24-20(13)29-11-32-24)19-6-4-15(34-19)8-26-25/h3*3-6,9-10H,2,7-8,11-12H2,1H3. The van der Waals surface area contributed by atoms with Crippen LogP contribution in [0.25, 0.3) is 63.2 Å². The number of rotatable bonds is 21. The smallest absolute Gasteiger partial charge is 0.131 e. The van der Waals surface area contributed by atoms with Crippen molar-refractivity contribution in [3.8, 4) is 63.2 Å². The highest BCUT2D eigenvalue weighted by molar-refractivity contribution is 7.17. The molecular weight excluding hydrogens is 1370 g/mol. The van der Waals surface area contributed by atoms with Gasteiger partial charge in [-0.25, -0.2) is 0 Å². The molecular formula is C72H57B6N18S6. The van der Waals surface area contributed by atoms with E-state index in [1.165, 1.54) is 34.1 Å². The lowest BCUT2D eigenvalue weighted by atomic mass is 9.53. The van der Waals surface area contributed by atoms with E-state index in [9.17, 15) is 0 Å². The highest BCUT2D eigenvalue weighted by atomic mass is 32.1. The van der Waals surface area contributed by atoms with Gasteiger partial charge in [0.05, 0.1) is 84.6 Å². The topological polar surface area (TPSA) is 226 Å². The molecule has 0 amide bonds. The molecule has 0 saturated carbocycles. The summed E-state index contributed by atoms with van der Waals surface area (Å²) >= 11 is 10.4. The largest absolute Gasteiger partial charge is 0.259 e. The molecule has 0 N–H and O–H groups in total. The molecule has 6 aliphatic rings. The van der Waals surface area contributed by atoms with Gasteiger partial charge < -0.3 is 0 Å². The molecule has 0 atom stereocenters. The van der Waals surface area contributed by atoms with Crippen molar-refractivity contribution in [2.75, 3.05) is 40.0 Å². The Morgan fingerprint density at radius 3 is 0.843 bits per heavy atom. The minimum atomic E-state index is 0.429. The van der Waals surface area contributed by atoms with Crippen molar-refractivity contribution >= 4 is 113 Å². The summed E-state index contributed by atoms with van der Waals surface area (Å²) in [5, 5.41) is 10.8. The van der Waals surface area contributed by atoms with Crippen molar-refractivity contribution in [3.05, 3.63) is 237 Å². The maximum absolute atomic E-state index is 5.60. The summed E-state index contributed by atoms with van der Waals surface area (Å²) in [5.41, 5.74) is 11.6. The van der Waals surface area contributed by atoms with E-state index in [0.29, 0.717) is 59.3 Å². The van der Waals surface area contributed by atoms with Gasteiger partial charge in [-0.15, -0.1) is 68.0 Å². The summed E-state index contributed by atoms with van der Waals surface area (Å²) in [7, 11) is 21.8. The predicted molar refractivity (Wildman–Crippen MR) is 411 cm³/mol. The van der Waals surface area contributed by atoms with Crippen LogP contribution in [-0.4, -0.2) is 115 Å². The molecule has 0 bridgehead atoms. The second-order valence-corrected chi connectivity index (χ2v) is 31.2. The maximum Gasteiger partial charge on any atom is 0.131 e. The SMILES string of the molecule is [B][B]Cc1ccc(-c2cnc(Cc3cnc(-c4ccc(CC)s4)c4c3=NCN=4)c3c2=NCN=3)s1.[B][B]Cc1ccc(-c2ncc(Cc3cnc(-c4ccc(CC)s4)c4c3=NCN=4)c3c2=NCN=3)s1.[B][B]Cc1ccc(-c2ncc(Cc3ncc(-c4ccc(CC)s4)c4c3=NCN=4)c3c2=NCN=3)s1. The maximum atomic E-state index is 5.60. The van der Waals surface area contributed by atoms with Crippen molar-refractivity contribution in [2.24, 2.45) is 59.9 Å². The zero-order chi connectivity index (χ0) is 69.2. The molecule has 6 aliphatic heterocycles. The van der Waals surface area contributed by atoms with Crippen LogP contribution in [0.5, 0.6) is 0 Å². The number of hydrogen-bond donors (Lipinski definition) is 0. The van der Waals surface area contributed by atoms with Crippen LogP contribution in [0.15, 0.2) is 170 Å². The molecule has 0 aromatic carbocycles. The molecule has 102 heavy (non-hydrogen) atoms. The van der Waals surface area contributed by atoms with Crippen LogP contribution in [-0.2, 0) is 57.5 Å². The summed E-state index contributed by atoms with van der Waals surface area (Å²) in [5.74, 6) is 0. The van der Waals surface area contributed by atoms with Crippen molar-refractivity contribution in [1.29, 1.82) is 0 Å². The second-order valence-electron chi connectivity index (χ2n) is 24.2. The van der Waals surface area contributed by atoms with Gasteiger partial charge in [0.25, 0.3) is 0 Å². The van der Waals surface area contributed by atoms with Crippen LogP contribution in [0.3, 0.4) is 0 Å². The van der Waals surface area contributed by atoms with E-state index in [0.717, 1.165) is 194 Å². The third kappa shape index (κ3) is 13.5. The van der Waals surface area contributed by atoms with Gasteiger partial charge in [-0.05, 0) is 107 Å². The van der Waals surface area contributed by atoms with Gasteiger partial charge >= 0.3 is 0 Å². The number of fused-ring (bicyclic) bond motifs is 6. The van der Waals surface area contributed by atoms with E-state index in [4.69, 9.17) is 68.1 Å². The zero-order valence-electron chi connectivity index (χ0n) is 56.0. The van der Waals surface area contributed by atoms with E-state index in [1.807, 2.05) is 37.2 Å². The molecule has 12 aromatic rings. The minimum absolute atomic E-state index is 0.429. The van der Waals surface area contributed by atoms with Crippen molar-refractivity contribution < 1.29 is 0 Å². The monoisotopic (exact) mass is 1430 g/mol. The predicted octanol–water partition coefficient (Wildman–Crippen LogP) is 5.39. The van der Waals surface area contributed by atoms with Gasteiger partial charge in [0, 0.05) is 137 Å². The Labute approximate surface area is 616 Å². The number of pyridine rings is 6. The fraction of sp³-hybridized carbons (Fsp3) is 0.250. The molecule has 9 radical (unpaired) electrons. The van der Waals surface area contributed by atoms with Crippen LogP contribution in [0.1, 0.15) is 83.7 Å². The van der Waals surface area contributed by atoms with Gasteiger partial charge in [0.1, 0.15) is 94.9 Å². The fourth-order valence-electron chi connectivity index (χ4n) is 12.9. The van der Waals surface area contributed by atoms with Crippen LogP contribution < -0.4 is 64.3 Å². The molecule has 0 saturated heterocycles. The van der Waals surface area contributed by atoms with Crippen LogP contribution >= 0.6 is 68.0 Å². The number of aryl methyl sites for hydroxylation is 3. The molecule has 0 aliphatic carbocycles. The summed E-state index contributed by atoms with van der Waals surface area (Å²) in [6.07, 6.45) is 18.7. The molecule has 0 unspecified atom stereocenters. The molecule has 18 rings (SSSR count). The van der Waals surface area contributed by atoms with Gasteiger partial charge in [0.15, 0.2) is 0 Å². The molecule has 18 nitrogen and oxygen atoms in total. The minimum Gasteiger partial charge on any atom is -0.259 e.